The van der Waals surface area contributed by atoms with E-state index in [0.29, 0.717) is 0 Å². The van der Waals surface area contributed by atoms with Crippen molar-refractivity contribution in [3.63, 3.8) is 0 Å². The van der Waals surface area contributed by atoms with Crippen molar-refractivity contribution in [2.45, 2.75) is 62.3 Å². The molecule has 30 heavy (non-hydrogen) atoms. The summed E-state index contributed by atoms with van der Waals surface area (Å²) < 4.78 is 0. The first-order valence-corrected chi connectivity index (χ1v) is 16.2. The van der Waals surface area contributed by atoms with Gasteiger partial charge in [-0.15, -0.1) is 0 Å². The third-order valence-corrected chi connectivity index (χ3v) is 17.1. The van der Waals surface area contributed by atoms with Gasteiger partial charge in [-0.05, 0) is 62.3 Å². The third-order valence-electron chi connectivity index (χ3n) is 6.03. The van der Waals surface area contributed by atoms with Gasteiger partial charge in [-0.3, -0.25) is 0 Å². The van der Waals surface area contributed by atoms with Crippen molar-refractivity contribution in [2.75, 3.05) is 0 Å². The lowest BCUT2D eigenvalue weighted by molar-refractivity contribution is 1.34. The molecule has 0 nitrogen and oxygen atoms in total. The fourth-order valence-electron chi connectivity index (χ4n) is 5.22. The van der Waals surface area contributed by atoms with E-state index in [4.69, 9.17) is 0 Å². The standard InChI is InChI=1S/C27H33Si3/c1-16-10-19(4)25(20(5)11-16)29(26-21(6)12-17(2)13-22(26)7)30(28)27-23(8)14-18(3)15-24(27)9/h10-15H,1-9H3. The van der Waals surface area contributed by atoms with Crippen LogP contribution >= 0.6 is 0 Å². The van der Waals surface area contributed by atoms with Crippen molar-refractivity contribution in [1.29, 1.82) is 0 Å². The van der Waals surface area contributed by atoms with Crippen LogP contribution in [0.4, 0.5) is 0 Å². The Morgan fingerprint density at radius 3 is 0.933 bits per heavy atom. The van der Waals surface area contributed by atoms with Crippen LogP contribution in [-0.2, 0) is 0 Å². The number of benzene rings is 3. The molecule has 0 fully saturated rings. The molecule has 0 atom stereocenters. The second-order valence-corrected chi connectivity index (χ2v) is 18.1. The molecule has 3 rings (SSSR count). The Morgan fingerprint density at radius 2 is 0.667 bits per heavy atom. The molecule has 0 N–H and O–H groups in total. The average Bonchev–Trinajstić information content (AvgIpc) is 2.57. The Morgan fingerprint density at radius 1 is 0.433 bits per heavy atom. The minimum absolute atomic E-state index is 0.993. The lowest BCUT2D eigenvalue weighted by atomic mass is 10.1. The first-order chi connectivity index (χ1) is 14.0. The van der Waals surface area contributed by atoms with Crippen LogP contribution in [0.5, 0.6) is 0 Å². The van der Waals surface area contributed by atoms with Gasteiger partial charge >= 0.3 is 0 Å². The van der Waals surface area contributed by atoms with Gasteiger partial charge in [0.2, 0.25) is 0 Å². The molecule has 0 saturated carbocycles. The van der Waals surface area contributed by atoms with E-state index in [1.807, 2.05) is 0 Å². The molecule has 5 radical (unpaired) electrons. The van der Waals surface area contributed by atoms with Crippen molar-refractivity contribution >= 4 is 41.5 Å². The molecule has 153 valence electrons. The molecule has 0 amide bonds. The highest BCUT2D eigenvalue weighted by Gasteiger charge is 2.33. The van der Waals surface area contributed by atoms with Crippen molar-refractivity contribution in [2.24, 2.45) is 0 Å². The van der Waals surface area contributed by atoms with Crippen LogP contribution in [0.3, 0.4) is 0 Å². The number of aryl methyl sites for hydroxylation is 9. The van der Waals surface area contributed by atoms with E-state index >= 15 is 0 Å². The quantitative estimate of drug-likeness (QED) is 0.532. The van der Waals surface area contributed by atoms with Crippen molar-refractivity contribution in [3.8, 4) is 0 Å². The molecule has 3 aromatic carbocycles. The second kappa shape index (κ2) is 8.82. The summed E-state index contributed by atoms with van der Waals surface area (Å²) in [5.74, 6) is 0. The van der Waals surface area contributed by atoms with Gasteiger partial charge in [0.25, 0.3) is 0 Å². The Kier molecular flexibility index (Phi) is 6.75. The van der Waals surface area contributed by atoms with Crippen LogP contribution in [0.15, 0.2) is 36.4 Å². The molecular weight excluding hydrogens is 409 g/mol. The smallest absolute Gasteiger partial charge is 0.0617 e. The van der Waals surface area contributed by atoms with Gasteiger partial charge in [-0.25, -0.2) is 0 Å². The van der Waals surface area contributed by atoms with Crippen LogP contribution in [0.2, 0.25) is 0 Å². The predicted molar refractivity (Wildman–Crippen MR) is 138 cm³/mol. The summed E-state index contributed by atoms with van der Waals surface area (Å²) in [5.41, 5.74) is 12.7. The van der Waals surface area contributed by atoms with Crippen LogP contribution < -0.4 is 15.6 Å². The van der Waals surface area contributed by atoms with Crippen LogP contribution in [-0.4, -0.2) is 25.9 Å². The van der Waals surface area contributed by atoms with Gasteiger partial charge in [0.1, 0.15) is 8.31 Å². The number of hydrogen-bond donors (Lipinski definition) is 0. The summed E-state index contributed by atoms with van der Waals surface area (Å²) in [6, 6.07) is 14.2. The monoisotopic (exact) mass is 441 g/mol. The largest absolute Gasteiger partial charge is 0.113 e. The van der Waals surface area contributed by atoms with Gasteiger partial charge in [0.05, 0.1) is 7.83 Å². The van der Waals surface area contributed by atoms with E-state index in [2.05, 4.69) is 108 Å². The van der Waals surface area contributed by atoms with E-state index in [-0.39, 0.29) is 0 Å². The maximum absolute atomic E-state index is 4.44. The highest BCUT2D eigenvalue weighted by Crippen LogP contribution is 2.15. The highest BCUT2D eigenvalue weighted by molar-refractivity contribution is 7.53. The van der Waals surface area contributed by atoms with Gasteiger partial charge in [0, 0.05) is 9.76 Å². The van der Waals surface area contributed by atoms with Crippen molar-refractivity contribution in [3.05, 3.63) is 86.5 Å². The summed E-state index contributed by atoms with van der Waals surface area (Å²) in [6.07, 6.45) is 0. The summed E-state index contributed by atoms with van der Waals surface area (Å²) >= 11 is 0. The molecule has 0 saturated heterocycles. The van der Waals surface area contributed by atoms with Crippen LogP contribution in [0.25, 0.3) is 0 Å². The van der Waals surface area contributed by atoms with Gasteiger partial charge in [-0.2, -0.15) is 0 Å². The fraction of sp³-hybridized carbons (Fsp3) is 0.333. The lowest BCUT2D eigenvalue weighted by Gasteiger charge is -2.31. The molecular formula is C27H33Si3. The molecule has 3 aromatic rings. The molecule has 0 spiro atoms. The second-order valence-electron chi connectivity index (χ2n) is 9.07. The Labute approximate surface area is 190 Å². The SMILES string of the molecule is Cc1cc(C)c([Si]([Si])[Si](c2c(C)cc(C)cc2C)c2c(C)cc(C)cc2C)c(C)c1. The maximum Gasteiger partial charge on any atom is 0.113 e. The van der Waals surface area contributed by atoms with Gasteiger partial charge < -0.3 is 0 Å². The zero-order valence-electron chi connectivity index (χ0n) is 20.0. The summed E-state index contributed by atoms with van der Waals surface area (Å²) in [5, 5.41) is 4.77. The topological polar surface area (TPSA) is 0 Å². The third kappa shape index (κ3) is 4.34. The number of rotatable bonds is 4. The zero-order valence-corrected chi connectivity index (χ0v) is 23.0. The van der Waals surface area contributed by atoms with Crippen molar-refractivity contribution in [1.82, 2.24) is 0 Å². The first-order valence-electron chi connectivity index (χ1n) is 10.7. The minimum atomic E-state index is -1.02. The predicted octanol–water partition coefficient (Wildman–Crippen LogP) is 4.22. The first kappa shape index (κ1) is 23.0. The highest BCUT2D eigenvalue weighted by atomic mass is 29.6. The molecule has 0 aliphatic carbocycles. The molecule has 0 aliphatic rings. The molecule has 0 bridgehead atoms. The molecule has 3 heteroatoms. The maximum atomic E-state index is 4.44. The van der Waals surface area contributed by atoms with E-state index in [9.17, 15) is 0 Å². The molecule has 0 unspecified atom stereocenters. The van der Waals surface area contributed by atoms with E-state index in [1.165, 1.54) is 50.1 Å². The Hall–Kier alpha value is -1.69. The number of hydrogen-bond acceptors (Lipinski definition) is 0. The fourth-order valence-corrected chi connectivity index (χ4v) is 18.3. The summed E-state index contributed by atoms with van der Waals surface area (Å²) in [4.78, 5) is 0. The van der Waals surface area contributed by atoms with E-state index < -0.39 is 16.1 Å². The average molecular weight is 442 g/mol. The molecule has 0 aliphatic heterocycles. The lowest BCUT2D eigenvalue weighted by Crippen LogP contribution is -2.64. The summed E-state index contributed by atoms with van der Waals surface area (Å²) in [7, 11) is 2.42. The zero-order chi connectivity index (χ0) is 22.3. The molecule has 0 heterocycles. The minimum Gasteiger partial charge on any atom is -0.0617 e. The van der Waals surface area contributed by atoms with E-state index in [0.717, 1.165) is 0 Å². The Bertz CT molecular complexity index is 985. The van der Waals surface area contributed by atoms with E-state index in [1.54, 1.807) is 15.6 Å². The van der Waals surface area contributed by atoms with Crippen LogP contribution in [0, 0.1) is 62.3 Å². The van der Waals surface area contributed by atoms with Crippen LogP contribution in [0.1, 0.15) is 50.1 Å². The normalized spacial score (nSPS) is 11.6. The van der Waals surface area contributed by atoms with Gasteiger partial charge in [0.15, 0.2) is 0 Å². The van der Waals surface area contributed by atoms with Gasteiger partial charge in [-0.1, -0.05) is 102 Å². The summed E-state index contributed by atoms with van der Waals surface area (Å²) in [6.45, 7) is 20.5. The van der Waals surface area contributed by atoms with Crippen molar-refractivity contribution < 1.29 is 0 Å². The Balaban J connectivity index is 2.35. The molecule has 0 aromatic heterocycles.